The molecule has 1 unspecified atom stereocenters. The zero-order chi connectivity index (χ0) is 12.1. The van der Waals surface area contributed by atoms with Crippen LogP contribution in [-0.4, -0.2) is 7.11 Å². The molecule has 2 aromatic rings. The van der Waals surface area contributed by atoms with Crippen molar-refractivity contribution < 1.29 is 14.8 Å². The van der Waals surface area contributed by atoms with Crippen LogP contribution in [0.2, 0.25) is 0 Å². The Kier molecular flexibility index (Phi) is 3.59. The summed E-state index contributed by atoms with van der Waals surface area (Å²) < 4.78 is 5.02. The van der Waals surface area contributed by atoms with Crippen molar-refractivity contribution in [2.24, 2.45) is 0 Å². The molecule has 0 spiro atoms. The number of hydrogen-bond acceptors (Lipinski definition) is 3. The third-order valence-electron chi connectivity index (χ3n) is 2.28. The first kappa shape index (κ1) is 11.4. The molecule has 0 saturated heterocycles. The van der Waals surface area contributed by atoms with E-state index >= 15 is 0 Å². The molecule has 2 rings (SSSR count). The van der Waals surface area contributed by atoms with Gasteiger partial charge in [-0.05, 0) is 24.3 Å². The van der Waals surface area contributed by atoms with Gasteiger partial charge in [0, 0.05) is 12.1 Å². The number of rotatable bonds is 4. The Morgan fingerprint density at radius 3 is 2.12 bits per heavy atom. The van der Waals surface area contributed by atoms with Crippen molar-refractivity contribution >= 4 is 5.69 Å². The van der Waals surface area contributed by atoms with Crippen molar-refractivity contribution in [1.82, 2.24) is 0 Å². The van der Waals surface area contributed by atoms with Gasteiger partial charge in [0.15, 0.2) is 11.4 Å². The zero-order valence-corrected chi connectivity index (χ0v) is 9.42. The molecule has 0 amide bonds. The van der Waals surface area contributed by atoms with Crippen molar-refractivity contribution in [3.8, 4) is 11.5 Å². The molecule has 1 N–H and O–H groups in total. The molecular formula is C13H13NO3. The normalized spacial score (nSPS) is 11.9. The predicted molar refractivity (Wildman–Crippen MR) is 64.1 cm³/mol. The van der Waals surface area contributed by atoms with Crippen LogP contribution in [0.15, 0.2) is 54.6 Å². The van der Waals surface area contributed by atoms with Crippen molar-refractivity contribution in [2.45, 2.75) is 0 Å². The van der Waals surface area contributed by atoms with Crippen LogP contribution in [0.4, 0.5) is 5.69 Å². The van der Waals surface area contributed by atoms with Gasteiger partial charge >= 0.3 is 0 Å². The van der Waals surface area contributed by atoms with E-state index in [1.165, 1.54) is 0 Å². The second-order valence-electron chi connectivity index (χ2n) is 3.43. The monoisotopic (exact) mass is 231 g/mol. The van der Waals surface area contributed by atoms with Gasteiger partial charge in [-0.25, -0.2) is 0 Å². The highest BCUT2D eigenvalue weighted by Crippen LogP contribution is 2.12. The number of para-hydroxylation sites is 1. The standard InChI is InChI=1S/C13H13NO3/c1-16-12-9-7-11(8-10-12)14(15)17-13-5-3-2-4-6-13/h2-10,14H,1H3. The highest BCUT2D eigenvalue weighted by molar-refractivity contribution is 5.35. The molecule has 17 heavy (non-hydrogen) atoms. The first-order chi connectivity index (χ1) is 8.29. The number of quaternary nitrogens is 1. The zero-order valence-electron chi connectivity index (χ0n) is 9.42. The molecule has 0 radical (unpaired) electrons. The Hall–Kier alpha value is -2.04. The summed E-state index contributed by atoms with van der Waals surface area (Å²) in [6.07, 6.45) is 0. The third-order valence-corrected chi connectivity index (χ3v) is 2.28. The first-order valence-corrected chi connectivity index (χ1v) is 5.21. The minimum Gasteiger partial charge on any atom is -0.585 e. The van der Waals surface area contributed by atoms with Gasteiger partial charge in [0.2, 0.25) is 0 Å². The van der Waals surface area contributed by atoms with E-state index in [2.05, 4.69) is 0 Å². The number of benzene rings is 2. The Labute approximate surface area is 99.5 Å². The van der Waals surface area contributed by atoms with Crippen LogP contribution in [0.25, 0.3) is 0 Å². The van der Waals surface area contributed by atoms with E-state index < -0.39 is 0 Å². The van der Waals surface area contributed by atoms with Gasteiger partial charge in [-0.2, -0.15) is 0 Å². The molecule has 0 aliphatic carbocycles. The molecule has 1 atom stereocenters. The summed E-state index contributed by atoms with van der Waals surface area (Å²) in [5.74, 6) is 1.24. The SMILES string of the molecule is COc1ccc([NH+]([O-])Oc2ccccc2)cc1. The maximum absolute atomic E-state index is 11.8. The summed E-state index contributed by atoms with van der Waals surface area (Å²) in [6.45, 7) is 0. The largest absolute Gasteiger partial charge is 0.585 e. The second kappa shape index (κ2) is 5.34. The van der Waals surface area contributed by atoms with Crippen molar-refractivity contribution in [1.29, 1.82) is 0 Å². The first-order valence-electron chi connectivity index (χ1n) is 5.21. The van der Waals surface area contributed by atoms with E-state index in [1.54, 1.807) is 43.5 Å². The molecule has 0 aliphatic heterocycles. The number of hydrogen-bond donors (Lipinski definition) is 1. The smallest absolute Gasteiger partial charge is 0.191 e. The van der Waals surface area contributed by atoms with Crippen molar-refractivity contribution in [3.63, 3.8) is 0 Å². The lowest BCUT2D eigenvalue weighted by Crippen LogP contribution is -3.04. The topological polar surface area (TPSA) is 46.0 Å². The Morgan fingerprint density at radius 2 is 1.53 bits per heavy atom. The molecule has 0 heterocycles. The maximum Gasteiger partial charge on any atom is 0.191 e. The average molecular weight is 231 g/mol. The fourth-order valence-corrected chi connectivity index (χ4v) is 1.38. The molecule has 0 bridgehead atoms. The number of ether oxygens (including phenoxy) is 1. The van der Waals surface area contributed by atoms with Crippen molar-refractivity contribution in [3.05, 3.63) is 59.8 Å². The molecule has 0 fully saturated rings. The van der Waals surface area contributed by atoms with Crippen LogP contribution in [0.5, 0.6) is 11.5 Å². The maximum atomic E-state index is 11.8. The Balaban J connectivity index is 2.06. The number of nitrogens with one attached hydrogen (secondary N) is 1. The van der Waals surface area contributed by atoms with Gasteiger partial charge in [-0.1, -0.05) is 18.2 Å². The summed E-state index contributed by atoms with van der Waals surface area (Å²) >= 11 is 0. The Morgan fingerprint density at radius 1 is 0.882 bits per heavy atom. The van der Waals surface area contributed by atoms with Crippen molar-refractivity contribution in [2.75, 3.05) is 7.11 Å². The van der Waals surface area contributed by atoms with Gasteiger partial charge in [-0.15, -0.1) is 5.23 Å². The molecule has 88 valence electrons. The molecule has 0 saturated carbocycles. The van der Waals surface area contributed by atoms with E-state index in [0.717, 1.165) is 0 Å². The Bertz CT molecular complexity index is 456. The van der Waals surface area contributed by atoms with E-state index in [9.17, 15) is 5.21 Å². The van der Waals surface area contributed by atoms with Gasteiger partial charge in [0.05, 0.1) is 7.11 Å². The van der Waals surface area contributed by atoms with Gasteiger partial charge in [0.1, 0.15) is 5.75 Å². The molecule has 0 aliphatic rings. The van der Waals surface area contributed by atoms with Crippen LogP contribution in [0.1, 0.15) is 0 Å². The van der Waals surface area contributed by atoms with Crippen LogP contribution in [0.3, 0.4) is 0 Å². The van der Waals surface area contributed by atoms with Gasteiger partial charge in [0.25, 0.3) is 0 Å². The molecular weight excluding hydrogens is 218 g/mol. The highest BCUT2D eigenvalue weighted by atomic mass is 16.9. The lowest BCUT2D eigenvalue weighted by molar-refractivity contribution is -0.963. The summed E-state index contributed by atoms with van der Waals surface area (Å²) in [6, 6.07) is 15.8. The number of methoxy groups -OCH3 is 1. The summed E-state index contributed by atoms with van der Waals surface area (Å²) in [5, 5.41) is 11.4. The van der Waals surface area contributed by atoms with E-state index in [-0.39, 0.29) is 5.23 Å². The molecule has 4 nitrogen and oxygen atoms in total. The fourth-order valence-electron chi connectivity index (χ4n) is 1.38. The molecule has 0 aromatic heterocycles. The van der Waals surface area contributed by atoms with Crippen LogP contribution >= 0.6 is 0 Å². The fraction of sp³-hybridized carbons (Fsp3) is 0.0769. The third kappa shape index (κ3) is 2.96. The van der Waals surface area contributed by atoms with E-state index in [1.807, 2.05) is 18.2 Å². The minimum absolute atomic E-state index is 0.376. The van der Waals surface area contributed by atoms with Gasteiger partial charge < -0.3 is 14.8 Å². The van der Waals surface area contributed by atoms with E-state index in [4.69, 9.17) is 9.57 Å². The lowest BCUT2D eigenvalue weighted by Gasteiger charge is -2.19. The minimum atomic E-state index is -0.376. The quantitative estimate of drug-likeness (QED) is 0.815. The van der Waals surface area contributed by atoms with Gasteiger partial charge in [-0.3, -0.25) is 0 Å². The predicted octanol–water partition coefficient (Wildman–Crippen LogP) is 1.70. The van der Waals surface area contributed by atoms with Crippen LogP contribution in [-0.2, 0) is 0 Å². The molecule has 2 aromatic carbocycles. The highest BCUT2D eigenvalue weighted by Gasteiger charge is 2.05. The van der Waals surface area contributed by atoms with Crippen LogP contribution in [0, 0.1) is 5.21 Å². The second-order valence-corrected chi connectivity index (χ2v) is 3.43. The summed E-state index contributed by atoms with van der Waals surface area (Å²) in [7, 11) is 1.58. The summed E-state index contributed by atoms with van der Waals surface area (Å²) in [4.78, 5) is 5.19. The lowest BCUT2D eigenvalue weighted by atomic mass is 10.3. The molecule has 4 heteroatoms. The van der Waals surface area contributed by atoms with Crippen LogP contribution < -0.4 is 14.8 Å². The van der Waals surface area contributed by atoms with E-state index in [0.29, 0.717) is 17.2 Å². The average Bonchev–Trinajstić information content (AvgIpc) is 2.40. The summed E-state index contributed by atoms with van der Waals surface area (Å²) in [5.41, 5.74) is 0.495.